The fourth-order valence-electron chi connectivity index (χ4n) is 3.21. The Hall–Kier alpha value is -4.39. The second-order valence-electron chi connectivity index (χ2n) is 7.08. The number of hydrogen-bond donors (Lipinski definition) is 2. The summed E-state index contributed by atoms with van der Waals surface area (Å²) in [5.41, 5.74) is 6.30. The van der Waals surface area contributed by atoms with Gasteiger partial charge in [-0.1, -0.05) is 30.3 Å². The Balaban J connectivity index is 1.58. The molecule has 6 nitrogen and oxygen atoms in total. The number of halogens is 1. The van der Waals surface area contributed by atoms with Gasteiger partial charge in [-0.15, -0.1) is 0 Å². The number of amides is 2. The summed E-state index contributed by atoms with van der Waals surface area (Å²) in [6.07, 6.45) is 1.51. The number of carbonyl (C=O) groups excluding carboxylic acids is 2. The molecular weight excluding hydrogens is 407 g/mol. The Kier molecular flexibility index (Phi) is 5.98. The number of para-hydroxylation sites is 1. The molecule has 32 heavy (non-hydrogen) atoms. The molecule has 4 rings (SSSR count). The number of nitrogens with one attached hydrogen (secondary N) is 2. The molecule has 1 heterocycles. The second-order valence-corrected chi connectivity index (χ2v) is 7.08. The third kappa shape index (κ3) is 4.84. The number of rotatable bonds is 5. The van der Waals surface area contributed by atoms with Gasteiger partial charge in [0.05, 0.1) is 23.0 Å². The molecule has 0 aliphatic rings. The minimum atomic E-state index is -0.391. The van der Waals surface area contributed by atoms with Crippen molar-refractivity contribution in [1.82, 2.24) is 10.4 Å². The summed E-state index contributed by atoms with van der Waals surface area (Å²) in [4.78, 5) is 28.6. The molecular formula is C25H19FN4O2. The van der Waals surface area contributed by atoms with Crippen LogP contribution in [0.4, 0.5) is 10.1 Å². The van der Waals surface area contributed by atoms with Crippen LogP contribution < -0.4 is 10.7 Å². The van der Waals surface area contributed by atoms with Crippen molar-refractivity contribution >= 4 is 34.6 Å². The van der Waals surface area contributed by atoms with Crippen LogP contribution in [0.5, 0.6) is 0 Å². The van der Waals surface area contributed by atoms with E-state index >= 15 is 0 Å². The zero-order chi connectivity index (χ0) is 22.5. The quantitative estimate of drug-likeness (QED) is 0.356. The number of aromatic nitrogens is 1. The fourth-order valence-corrected chi connectivity index (χ4v) is 3.21. The Morgan fingerprint density at radius 1 is 0.969 bits per heavy atom. The van der Waals surface area contributed by atoms with E-state index in [2.05, 4.69) is 20.8 Å². The lowest BCUT2D eigenvalue weighted by Crippen LogP contribution is -2.18. The van der Waals surface area contributed by atoms with Crippen LogP contribution >= 0.6 is 0 Å². The van der Waals surface area contributed by atoms with E-state index in [4.69, 9.17) is 0 Å². The van der Waals surface area contributed by atoms with E-state index < -0.39 is 5.91 Å². The molecule has 0 saturated heterocycles. The van der Waals surface area contributed by atoms with Gasteiger partial charge in [0.25, 0.3) is 5.91 Å². The van der Waals surface area contributed by atoms with Crippen molar-refractivity contribution in [2.24, 2.45) is 5.10 Å². The highest BCUT2D eigenvalue weighted by Gasteiger charge is 2.13. The number of benzene rings is 3. The monoisotopic (exact) mass is 426 g/mol. The first-order chi connectivity index (χ1) is 15.5. The molecule has 0 saturated carbocycles. The van der Waals surface area contributed by atoms with Crippen LogP contribution in [0.15, 0.2) is 84.0 Å². The molecule has 3 aromatic carbocycles. The van der Waals surface area contributed by atoms with Crippen molar-refractivity contribution < 1.29 is 14.0 Å². The Morgan fingerprint density at radius 3 is 2.41 bits per heavy atom. The molecule has 2 N–H and O–H groups in total. The Labute approximate surface area is 183 Å². The molecule has 0 atom stereocenters. The molecule has 1 aromatic heterocycles. The first-order valence-corrected chi connectivity index (χ1v) is 9.86. The SMILES string of the molecule is CC(=O)Nc1ccc(/C=N/NC(=O)c2cc(-c3ccc(F)cc3)nc3ccccc23)cc1. The van der Waals surface area contributed by atoms with Gasteiger partial charge >= 0.3 is 0 Å². The molecule has 0 radical (unpaired) electrons. The largest absolute Gasteiger partial charge is 0.326 e. The zero-order valence-corrected chi connectivity index (χ0v) is 17.2. The van der Waals surface area contributed by atoms with Crippen molar-refractivity contribution in [1.29, 1.82) is 0 Å². The summed E-state index contributed by atoms with van der Waals surface area (Å²) >= 11 is 0. The maximum atomic E-state index is 13.3. The lowest BCUT2D eigenvalue weighted by molar-refractivity contribution is -0.114. The second kappa shape index (κ2) is 9.18. The predicted octanol–water partition coefficient (Wildman–Crippen LogP) is 4.76. The third-order valence-electron chi connectivity index (χ3n) is 4.71. The smallest absolute Gasteiger partial charge is 0.272 e. The molecule has 0 unspecified atom stereocenters. The summed E-state index contributed by atoms with van der Waals surface area (Å²) in [7, 11) is 0. The Morgan fingerprint density at radius 2 is 1.69 bits per heavy atom. The molecule has 0 aliphatic heterocycles. The van der Waals surface area contributed by atoms with E-state index in [-0.39, 0.29) is 11.7 Å². The van der Waals surface area contributed by atoms with E-state index in [0.717, 1.165) is 5.56 Å². The summed E-state index contributed by atoms with van der Waals surface area (Å²) in [5.74, 6) is -0.881. The molecule has 0 aliphatic carbocycles. The number of hydrogen-bond acceptors (Lipinski definition) is 4. The highest BCUT2D eigenvalue weighted by atomic mass is 19.1. The van der Waals surface area contributed by atoms with Gasteiger partial charge in [0, 0.05) is 23.6 Å². The number of nitrogens with zero attached hydrogens (tertiary/aromatic N) is 2. The van der Waals surface area contributed by atoms with Crippen molar-refractivity contribution in [3.63, 3.8) is 0 Å². The Bertz CT molecular complexity index is 1320. The van der Waals surface area contributed by atoms with Crippen molar-refractivity contribution in [2.75, 3.05) is 5.32 Å². The van der Waals surface area contributed by atoms with Crippen LogP contribution in [0, 0.1) is 5.82 Å². The van der Waals surface area contributed by atoms with Gasteiger partial charge in [0.15, 0.2) is 0 Å². The molecule has 4 aromatic rings. The van der Waals surface area contributed by atoms with Gasteiger partial charge in [-0.3, -0.25) is 9.59 Å². The zero-order valence-electron chi connectivity index (χ0n) is 17.2. The summed E-state index contributed by atoms with van der Waals surface area (Å²) in [5, 5.41) is 7.42. The van der Waals surface area contributed by atoms with Crippen LogP contribution in [-0.4, -0.2) is 23.0 Å². The summed E-state index contributed by atoms with van der Waals surface area (Å²) < 4.78 is 13.3. The maximum Gasteiger partial charge on any atom is 0.272 e. The molecule has 0 fully saturated rings. The van der Waals surface area contributed by atoms with Crippen LogP contribution in [0.25, 0.3) is 22.2 Å². The highest BCUT2D eigenvalue weighted by molar-refractivity contribution is 6.07. The standard InChI is InChI=1S/C25H19FN4O2/c1-16(31)28-20-12-6-17(7-13-20)15-27-30-25(32)22-14-24(18-8-10-19(26)11-9-18)29-23-5-3-2-4-21(22)23/h2-15H,1H3,(H,28,31)(H,30,32)/b27-15+. The summed E-state index contributed by atoms with van der Waals surface area (Å²) in [6, 6.07) is 22.0. The van der Waals surface area contributed by atoms with Gasteiger partial charge in [-0.2, -0.15) is 5.10 Å². The van der Waals surface area contributed by atoms with Crippen molar-refractivity contribution in [3.05, 3.63) is 95.8 Å². The molecule has 2 amide bonds. The third-order valence-corrected chi connectivity index (χ3v) is 4.71. The van der Waals surface area contributed by atoms with Crippen LogP contribution in [0.1, 0.15) is 22.8 Å². The van der Waals surface area contributed by atoms with Gasteiger partial charge in [0.2, 0.25) is 5.91 Å². The normalized spacial score (nSPS) is 10.9. The summed E-state index contributed by atoms with van der Waals surface area (Å²) in [6.45, 7) is 1.44. The first kappa shape index (κ1) is 20.9. The molecule has 7 heteroatoms. The number of carbonyl (C=O) groups is 2. The van der Waals surface area contributed by atoms with E-state index in [1.807, 2.05) is 24.3 Å². The average molecular weight is 426 g/mol. The lowest BCUT2D eigenvalue weighted by Gasteiger charge is -2.09. The average Bonchev–Trinajstić information content (AvgIpc) is 2.79. The van der Waals surface area contributed by atoms with E-state index in [9.17, 15) is 14.0 Å². The molecule has 158 valence electrons. The number of fused-ring (bicyclic) bond motifs is 1. The highest BCUT2D eigenvalue weighted by Crippen LogP contribution is 2.25. The van der Waals surface area contributed by atoms with Crippen molar-refractivity contribution in [2.45, 2.75) is 6.92 Å². The fraction of sp³-hybridized carbons (Fsp3) is 0.0400. The maximum absolute atomic E-state index is 13.3. The molecule has 0 bridgehead atoms. The van der Waals surface area contributed by atoms with Crippen molar-refractivity contribution in [3.8, 4) is 11.3 Å². The van der Waals surface area contributed by atoms with E-state index in [1.54, 1.807) is 42.5 Å². The molecule has 0 spiro atoms. The first-order valence-electron chi connectivity index (χ1n) is 9.86. The predicted molar refractivity (Wildman–Crippen MR) is 123 cm³/mol. The number of anilines is 1. The van der Waals surface area contributed by atoms with Crippen LogP contribution in [0.2, 0.25) is 0 Å². The van der Waals surface area contributed by atoms with Gasteiger partial charge in [0.1, 0.15) is 5.82 Å². The minimum absolute atomic E-state index is 0.150. The number of hydrazone groups is 1. The number of pyridine rings is 1. The van der Waals surface area contributed by atoms with Gasteiger partial charge in [-0.25, -0.2) is 14.8 Å². The topological polar surface area (TPSA) is 83.5 Å². The van der Waals surface area contributed by atoms with E-state index in [0.29, 0.717) is 33.4 Å². The van der Waals surface area contributed by atoms with E-state index in [1.165, 1.54) is 25.3 Å². The lowest BCUT2D eigenvalue weighted by atomic mass is 10.0. The minimum Gasteiger partial charge on any atom is -0.326 e. The van der Waals surface area contributed by atoms with Crippen LogP contribution in [-0.2, 0) is 4.79 Å². The van der Waals surface area contributed by atoms with Crippen LogP contribution in [0.3, 0.4) is 0 Å². The van der Waals surface area contributed by atoms with Gasteiger partial charge in [-0.05, 0) is 54.1 Å². The van der Waals surface area contributed by atoms with Gasteiger partial charge < -0.3 is 5.32 Å².